The van der Waals surface area contributed by atoms with Crippen molar-refractivity contribution in [1.82, 2.24) is 15.6 Å². The number of pyridine rings is 1. The number of halogens is 3. The van der Waals surface area contributed by atoms with Gasteiger partial charge in [-0.1, -0.05) is 12.2 Å². The van der Waals surface area contributed by atoms with E-state index in [1.165, 1.54) is 31.5 Å². The summed E-state index contributed by atoms with van der Waals surface area (Å²) >= 11 is 4.91. The first kappa shape index (κ1) is 25.1. The predicted molar refractivity (Wildman–Crippen MR) is 120 cm³/mol. The van der Waals surface area contributed by atoms with Crippen LogP contribution in [0.25, 0.3) is 0 Å². The molecule has 1 heterocycles. The van der Waals surface area contributed by atoms with Crippen LogP contribution in [0.1, 0.15) is 30.5 Å². The molecule has 0 aliphatic heterocycles. The van der Waals surface area contributed by atoms with Crippen LogP contribution in [0.5, 0.6) is 17.2 Å². The number of methoxy groups -OCH3 is 1. The molecule has 1 aliphatic rings. The maximum Gasteiger partial charge on any atom is 0.420 e. The Morgan fingerprint density at radius 1 is 1.24 bits per heavy atom. The Morgan fingerprint density at radius 3 is 2.50 bits per heavy atom. The second-order valence-corrected chi connectivity index (χ2v) is 7.99. The van der Waals surface area contributed by atoms with Crippen LogP contribution in [-0.4, -0.2) is 40.5 Å². The number of carbonyl (C=O) groups is 2. The molecule has 1 aromatic carbocycles. The SMILES string of the molecule is COc1ccc(Oc2ccc(CNC(=O)C3(NC(=O)C(=S)CC=N)CC3)nc2)c(C(F)(F)F)c1. The first-order valence-corrected chi connectivity index (χ1v) is 10.5. The number of carbonyl (C=O) groups excluding carboxylic acids is 2. The van der Waals surface area contributed by atoms with Gasteiger partial charge in [-0.25, -0.2) is 0 Å². The zero-order valence-corrected chi connectivity index (χ0v) is 18.8. The molecule has 0 unspecified atom stereocenters. The highest BCUT2D eigenvalue weighted by Crippen LogP contribution is 2.40. The fourth-order valence-corrected chi connectivity index (χ4v) is 3.13. The molecule has 180 valence electrons. The predicted octanol–water partition coefficient (Wildman–Crippen LogP) is 3.58. The van der Waals surface area contributed by atoms with E-state index in [1.54, 1.807) is 0 Å². The third kappa shape index (κ3) is 6.07. The minimum absolute atomic E-state index is 0.0249. The zero-order chi connectivity index (χ0) is 24.9. The van der Waals surface area contributed by atoms with Crippen LogP contribution in [0.15, 0.2) is 36.5 Å². The van der Waals surface area contributed by atoms with Crippen molar-refractivity contribution in [2.24, 2.45) is 0 Å². The van der Waals surface area contributed by atoms with Gasteiger partial charge in [-0.05, 0) is 43.2 Å². The van der Waals surface area contributed by atoms with Crippen LogP contribution in [0.3, 0.4) is 0 Å². The molecule has 34 heavy (non-hydrogen) atoms. The number of rotatable bonds is 10. The number of ether oxygens (including phenoxy) is 2. The number of hydrogen-bond acceptors (Lipinski definition) is 7. The van der Waals surface area contributed by atoms with Crippen LogP contribution in [0, 0.1) is 5.41 Å². The summed E-state index contributed by atoms with van der Waals surface area (Å²) in [5.41, 5.74) is -1.58. The van der Waals surface area contributed by atoms with Gasteiger partial charge in [0.1, 0.15) is 28.4 Å². The van der Waals surface area contributed by atoms with Gasteiger partial charge in [-0.3, -0.25) is 14.6 Å². The Labute approximate surface area is 198 Å². The minimum atomic E-state index is -4.64. The Hall–Kier alpha value is -3.54. The summed E-state index contributed by atoms with van der Waals surface area (Å²) in [7, 11) is 1.27. The van der Waals surface area contributed by atoms with E-state index in [9.17, 15) is 22.8 Å². The van der Waals surface area contributed by atoms with E-state index in [2.05, 4.69) is 15.6 Å². The monoisotopic (exact) mass is 494 g/mol. The maximum atomic E-state index is 13.3. The van der Waals surface area contributed by atoms with Crippen molar-refractivity contribution in [3.63, 3.8) is 0 Å². The molecule has 8 nitrogen and oxygen atoms in total. The van der Waals surface area contributed by atoms with Gasteiger partial charge in [0.25, 0.3) is 5.91 Å². The van der Waals surface area contributed by atoms with Gasteiger partial charge in [0.05, 0.1) is 30.4 Å². The fraction of sp³-hybridized carbons (Fsp3) is 0.318. The Balaban J connectivity index is 1.60. The van der Waals surface area contributed by atoms with Gasteiger partial charge >= 0.3 is 6.18 Å². The average Bonchev–Trinajstić information content (AvgIpc) is 3.58. The molecule has 0 atom stereocenters. The quantitative estimate of drug-likeness (QED) is 0.344. The van der Waals surface area contributed by atoms with Gasteiger partial charge in [0, 0.05) is 12.6 Å². The van der Waals surface area contributed by atoms with E-state index < -0.39 is 34.8 Å². The summed E-state index contributed by atoms with van der Waals surface area (Å²) in [5.74, 6) is -1.22. The number of hydrogen-bond donors (Lipinski definition) is 3. The molecule has 1 saturated carbocycles. The molecule has 2 amide bonds. The highest BCUT2D eigenvalue weighted by Gasteiger charge is 2.51. The maximum absolute atomic E-state index is 13.3. The number of nitrogens with one attached hydrogen (secondary N) is 3. The van der Waals surface area contributed by atoms with E-state index >= 15 is 0 Å². The number of benzene rings is 1. The molecule has 1 aliphatic carbocycles. The molecule has 3 rings (SSSR count). The highest BCUT2D eigenvalue weighted by molar-refractivity contribution is 7.82. The van der Waals surface area contributed by atoms with E-state index in [0.29, 0.717) is 18.5 Å². The summed E-state index contributed by atoms with van der Waals surface area (Å²) in [4.78, 5) is 28.7. The molecule has 0 saturated heterocycles. The molecule has 12 heteroatoms. The third-order valence-electron chi connectivity index (χ3n) is 5.03. The molecule has 0 radical (unpaired) electrons. The number of thiocarbonyl (C=S) groups is 1. The molecular weight excluding hydrogens is 473 g/mol. The Morgan fingerprint density at radius 2 is 1.94 bits per heavy atom. The first-order chi connectivity index (χ1) is 16.1. The van der Waals surface area contributed by atoms with Crippen LogP contribution in [0.4, 0.5) is 13.2 Å². The number of alkyl halides is 3. The lowest BCUT2D eigenvalue weighted by Crippen LogP contribution is -2.50. The molecular formula is C22H21F3N4O4S. The lowest BCUT2D eigenvalue weighted by atomic mass is 10.2. The molecule has 0 bridgehead atoms. The molecule has 2 aromatic rings. The van der Waals surface area contributed by atoms with Crippen molar-refractivity contribution >= 4 is 35.1 Å². The first-order valence-electron chi connectivity index (χ1n) is 10.1. The van der Waals surface area contributed by atoms with Gasteiger partial charge in [0.15, 0.2) is 0 Å². The molecule has 0 spiro atoms. The smallest absolute Gasteiger partial charge is 0.420 e. The van der Waals surface area contributed by atoms with Crippen molar-refractivity contribution in [3.05, 3.63) is 47.8 Å². The second kappa shape index (κ2) is 10.2. The number of aromatic nitrogens is 1. The normalized spacial score (nSPS) is 14.0. The standard InChI is InChI=1S/C22H21F3N4O4S/c1-32-14-4-5-17(16(10-14)22(23,24)25)33-15-3-2-13(27-12-15)11-28-20(31)21(7-8-21)29-19(30)18(34)6-9-26/h2-5,9-10,12,26H,6-8,11H2,1H3,(H,28,31)(H,29,30). The summed E-state index contributed by atoms with van der Waals surface area (Å²) in [5, 5.41) is 12.3. The van der Waals surface area contributed by atoms with Crippen molar-refractivity contribution in [2.75, 3.05) is 7.11 Å². The van der Waals surface area contributed by atoms with Crippen molar-refractivity contribution in [2.45, 2.75) is 37.5 Å². The second-order valence-electron chi connectivity index (χ2n) is 7.50. The lowest BCUT2D eigenvalue weighted by molar-refractivity contribution is -0.138. The lowest BCUT2D eigenvalue weighted by Gasteiger charge is -2.17. The Bertz CT molecular complexity index is 1100. The zero-order valence-electron chi connectivity index (χ0n) is 18.0. The van der Waals surface area contributed by atoms with E-state index in [-0.39, 0.29) is 29.3 Å². The van der Waals surface area contributed by atoms with E-state index in [1.807, 2.05) is 0 Å². The molecule has 1 fully saturated rings. The van der Waals surface area contributed by atoms with E-state index in [4.69, 9.17) is 27.1 Å². The summed E-state index contributed by atoms with van der Waals surface area (Å²) in [6, 6.07) is 6.29. The van der Waals surface area contributed by atoms with Crippen LogP contribution in [0.2, 0.25) is 0 Å². The summed E-state index contributed by atoms with van der Waals surface area (Å²) < 4.78 is 50.2. The largest absolute Gasteiger partial charge is 0.497 e. The van der Waals surface area contributed by atoms with Crippen molar-refractivity contribution < 1.29 is 32.2 Å². The van der Waals surface area contributed by atoms with Crippen LogP contribution < -0.4 is 20.1 Å². The summed E-state index contributed by atoms with van der Waals surface area (Å²) in [6.45, 7) is 0.0397. The van der Waals surface area contributed by atoms with Gasteiger partial charge in [-0.15, -0.1) is 0 Å². The van der Waals surface area contributed by atoms with Crippen LogP contribution >= 0.6 is 12.2 Å². The summed E-state index contributed by atoms with van der Waals surface area (Å²) in [6.07, 6.45) is -1.44. The van der Waals surface area contributed by atoms with E-state index in [0.717, 1.165) is 18.3 Å². The van der Waals surface area contributed by atoms with Crippen molar-refractivity contribution in [3.8, 4) is 17.2 Å². The topological polar surface area (TPSA) is 113 Å². The van der Waals surface area contributed by atoms with Gasteiger partial charge in [0.2, 0.25) is 5.91 Å². The van der Waals surface area contributed by atoms with Crippen LogP contribution in [-0.2, 0) is 22.3 Å². The van der Waals surface area contributed by atoms with Gasteiger partial charge < -0.3 is 25.5 Å². The fourth-order valence-electron chi connectivity index (χ4n) is 3.00. The minimum Gasteiger partial charge on any atom is -0.497 e. The molecule has 3 N–H and O–H groups in total. The average molecular weight is 494 g/mol. The number of amides is 2. The van der Waals surface area contributed by atoms with Crippen molar-refractivity contribution in [1.29, 1.82) is 5.41 Å². The highest BCUT2D eigenvalue weighted by atomic mass is 32.1. The van der Waals surface area contributed by atoms with Gasteiger partial charge in [-0.2, -0.15) is 13.2 Å². The third-order valence-corrected chi connectivity index (χ3v) is 5.38. The number of nitrogens with zero attached hydrogens (tertiary/aromatic N) is 1. The molecule has 1 aromatic heterocycles. The Kier molecular flexibility index (Phi) is 7.50.